The number of nitrogens with one attached hydrogen (secondary N) is 1. The van der Waals surface area contributed by atoms with Crippen LogP contribution in [0.5, 0.6) is 0 Å². The summed E-state index contributed by atoms with van der Waals surface area (Å²) in [6.45, 7) is 9.90. The van der Waals surface area contributed by atoms with Crippen molar-refractivity contribution in [3.05, 3.63) is 29.0 Å². The van der Waals surface area contributed by atoms with Crippen LogP contribution in [0.15, 0.2) is 18.3 Å². The van der Waals surface area contributed by atoms with E-state index in [0.717, 1.165) is 23.7 Å². The highest BCUT2D eigenvalue weighted by molar-refractivity contribution is 6.31. The van der Waals surface area contributed by atoms with E-state index in [1.807, 2.05) is 18.3 Å². The zero-order valence-corrected chi connectivity index (χ0v) is 12.7. The van der Waals surface area contributed by atoms with Crippen LogP contribution in [0.4, 0.5) is 0 Å². The van der Waals surface area contributed by atoms with Crippen LogP contribution in [-0.2, 0) is 0 Å². The van der Waals surface area contributed by atoms with Crippen LogP contribution in [0, 0.1) is 5.41 Å². The molecule has 0 radical (unpaired) electrons. The molecule has 0 aliphatic rings. The lowest BCUT2D eigenvalue weighted by atomic mass is 9.88. The second-order valence-electron chi connectivity index (χ2n) is 5.93. The number of aromatic nitrogens is 1. The van der Waals surface area contributed by atoms with Crippen molar-refractivity contribution in [3.63, 3.8) is 0 Å². The van der Waals surface area contributed by atoms with Gasteiger partial charge < -0.3 is 5.32 Å². The Bertz CT molecular complexity index is 358. The normalized spacial score (nSPS) is 13.6. The summed E-state index contributed by atoms with van der Waals surface area (Å²) >= 11 is 6.22. The number of pyridine rings is 1. The van der Waals surface area contributed by atoms with Crippen LogP contribution in [0.2, 0.25) is 5.02 Å². The van der Waals surface area contributed by atoms with E-state index in [1.54, 1.807) is 0 Å². The molecule has 0 saturated carbocycles. The Morgan fingerprint density at radius 3 is 2.67 bits per heavy atom. The molecule has 1 aromatic heterocycles. The molecule has 102 valence electrons. The van der Waals surface area contributed by atoms with Crippen LogP contribution in [0.3, 0.4) is 0 Å². The summed E-state index contributed by atoms with van der Waals surface area (Å²) in [5.74, 6) is 0. The summed E-state index contributed by atoms with van der Waals surface area (Å²) < 4.78 is 0. The Balaban J connectivity index is 2.63. The molecule has 0 amide bonds. The molecule has 0 fully saturated rings. The standard InChI is InChI=1S/C15H25ClN2/c1-5-17-13(9-6-10-15(2,3)4)14-12(16)8-7-11-18-14/h7-8,11,13,17H,5-6,9-10H2,1-4H3. The lowest BCUT2D eigenvalue weighted by Gasteiger charge is -2.22. The maximum absolute atomic E-state index is 6.22. The van der Waals surface area contributed by atoms with Crippen LogP contribution in [-0.4, -0.2) is 11.5 Å². The minimum absolute atomic E-state index is 0.269. The molecular formula is C15H25ClN2. The van der Waals surface area contributed by atoms with Crippen molar-refractivity contribution < 1.29 is 0 Å². The second-order valence-corrected chi connectivity index (χ2v) is 6.34. The second kappa shape index (κ2) is 7.10. The molecule has 0 aromatic carbocycles. The van der Waals surface area contributed by atoms with Gasteiger partial charge in [-0.1, -0.05) is 45.7 Å². The van der Waals surface area contributed by atoms with Gasteiger partial charge in [-0.2, -0.15) is 0 Å². The number of hydrogen-bond donors (Lipinski definition) is 1. The molecule has 1 rings (SSSR count). The first-order valence-electron chi connectivity index (χ1n) is 6.78. The Labute approximate surface area is 116 Å². The third-order valence-corrected chi connectivity index (χ3v) is 3.31. The van der Waals surface area contributed by atoms with Gasteiger partial charge in [0.2, 0.25) is 0 Å². The summed E-state index contributed by atoms with van der Waals surface area (Å²) in [7, 11) is 0. The van der Waals surface area contributed by atoms with Crippen molar-refractivity contribution in [2.75, 3.05) is 6.54 Å². The predicted molar refractivity (Wildman–Crippen MR) is 79.0 cm³/mol. The van der Waals surface area contributed by atoms with Gasteiger partial charge in [-0.3, -0.25) is 4.98 Å². The lowest BCUT2D eigenvalue weighted by Crippen LogP contribution is -2.22. The fraction of sp³-hybridized carbons (Fsp3) is 0.667. The molecule has 3 heteroatoms. The molecule has 0 aliphatic heterocycles. The van der Waals surface area contributed by atoms with Crippen LogP contribution < -0.4 is 5.32 Å². The van der Waals surface area contributed by atoms with Crippen molar-refractivity contribution in [1.82, 2.24) is 10.3 Å². The van der Waals surface area contributed by atoms with Crippen molar-refractivity contribution in [2.45, 2.75) is 53.0 Å². The summed E-state index contributed by atoms with van der Waals surface area (Å²) in [6.07, 6.45) is 5.31. The average molecular weight is 269 g/mol. The molecule has 1 N–H and O–H groups in total. The number of halogens is 1. The van der Waals surface area contributed by atoms with Crippen molar-refractivity contribution in [1.29, 1.82) is 0 Å². The highest BCUT2D eigenvalue weighted by atomic mass is 35.5. The quantitative estimate of drug-likeness (QED) is 0.815. The summed E-state index contributed by atoms with van der Waals surface area (Å²) in [4.78, 5) is 4.42. The van der Waals surface area contributed by atoms with Gasteiger partial charge in [-0.25, -0.2) is 0 Å². The van der Waals surface area contributed by atoms with Gasteiger partial charge in [0.25, 0.3) is 0 Å². The van der Waals surface area contributed by atoms with E-state index >= 15 is 0 Å². The molecule has 1 atom stereocenters. The Morgan fingerprint density at radius 2 is 2.11 bits per heavy atom. The highest BCUT2D eigenvalue weighted by Crippen LogP contribution is 2.28. The third-order valence-electron chi connectivity index (χ3n) is 2.99. The maximum Gasteiger partial charge on any atom is 0.0758 e. The van der Waals surface area contributed by atoms with E-state index in [2.05, 4.69) is 38.0 Å². The van der Waals surface area contributed by atoms with Gasteiger partial charge in [-0.05, 0) is 36.9 Å². The molecule has 0 spiro atoms. The minimum Gasteiger partial charge on any atom is -0.309 e. The van der Waals surface area contributed by atoms with E-state index in [0.29, 0.717) is 5.41 Å². The fourth-order valence-electron chi connectivity index (χ4n) is 2.07. The third kappa shape index (κ3) is 5.36. The number of hydrogen-bond acceptors (Lipinski definition) is 2. The monoisotopic (exact) mass is 268 g/mol. The molecule has 1 heterocycles. The van der Waals surface area contributed by atoms with Crippen molar-refractivity contribution >= 4 is 11.6 Å². The van der Waals surface area contributed by atoms with Gasteiger partial charge in [0.15, 0.2) is 0 Å². The first kappa shape index (κ1) is 15.5. The lowest BCUT2D eigenvalue weighted by molar-refractivity contribution is 0.343. The molecule has 1 unspecified atom stereocenters. The van der Waals surface area contributed by atoms with Gasteiger partial charge in [0.05, 0.1) is 16.8 Å². The Hall–Kier alpha value is -0.600. The Kier molecular flexibility index (Phi) is 6.10. The summed E-state index contributed by atoms with van der Waals surface area (Å²) in [6, 6.07) is 4.06. The highest BCUT2D eigenvalue weighted by Gasteiger charge is 2.16. The van der Waals surface area contributed by atoms with Crippen molar-refractivity contribution in [3.8, 4) is 0 Å². The van der Waals surface area contributed by atoms with Crippen LogP contribution in [0.25, 0.3) is 0 Å². The molecule has 0 saturated heterocycles. The molecular weight excluding hydrogens is 244 g/mol. The number of rotatable bonds is 6. The van der Waals surface area contributed by atoms with E-state index in [-0.39, 0.29) is 6.04 Å². The van der Waals surface area contributed by atoms with E-state index in [1.165, 1.54) is 12.8 Å². The van der Waals surface area contributed by atoms with E-state index in [4.69, 9.17) is 11.6 Å². The van der Waals surface area contributed by atoms with Crippen LogP contribution >= 0.6 is 11.6 Å². The molecule has 1 aromatic rings. The van der Waals surface area contributed by atoms with E-state index < -0.39 is 0 Å². The van der Waals surface area contributed by atoms with Gasteiger partial charge in [0.1, 0.15) is 0 Å². The van der Waals surface area contributed by atoms with Crippen molar-refractivity contribution in [2.24, 2.45) is 5.41 Å². The topological polar surface area (TPSA) is 24.9 Å². The first-order valence-corrected chi connectivity index (χ1v) is 7.15. The van der Waals surface area contributed by atoms with Crippen LogP contribution in [0.1, 0.15) is 58.7 Å². The zero-order chi connectivity index (χ0) is 13.6. The molecule has 2 nitrogen and oxygen atoms in total. The smallest absolute Gasteiger partial charge is 0.0758 e. The molecule has 0 aliphatic carbocycles. The Morgan fingerprint density at radius 1 is 1.39 bits per heavy atom. The average Bonchev–Trinajstić information content (AvgIpc) is 2.27. The largest absolute Gasteiger partial charge is 0.309 e. The zero-order valence-electron chi connectivity index (χ0n) is 12.0. The first-order chi connectivity index (χ1) is 8.44. The summed E-state index contributed by atoms with van der Waals surface area (Å²) in [5, 5.41) is 4.24. The predicted octanol–water partition coefficient (Wildman–Crippen LogP) is 4.60. The van der Waals surface area contributed by atoms with Gasteiger partial charge >= 0.3 is 0 Å². The molecule has 18 heavy (non-hydrogen) atoms. The SMILES string of the molecule is CCNC(CCCC(C)(C)C)c1ncccc1Cl. The fourth-order valence-corrected chi connectivity index (χ4v) is 2.33. The number of nitrogens with zero attached hydrogens (tertiary/aromatic N) is 1. The molecule has 0 bridgehead atoms. The van der Waals surface area contributed by atoms with Gasteiger partial charge in [-0.15, -0.1) is 0 Å². The van der Waals surface area contributed by atoms with E-state index in [9.17, 15) is 0 Å². The summed E-state index contributed by atoms with van der Waals surface area (Å²) in [5.41, 5.74) is 1.37. The van der Waals surface area contributed by atoms with Gasteiger partial charge in [0, 0.05) is 6.20 Å². The minimum atomic E-state index is 0.269. The maximum atomic E-state index is 6.22.